The number of ether oxygens (including phenoxy) is 1. The molecule has 2 aromatic rings. The molecule has 2 amide bonds. The average Bonchev–Trinajstić information content (AvgIpc) is 3.51. The van der Waals surface area contributed by atoms with Crippen LogP contribution < -0.4 is 4.74 Å². The Morgan fingerprint density at radius 3 is 2.47 bits per heavy atom. The van der Waals surface area contributed by atoms with Gasteiger partial charge in [0.2, 0.25) is 11.8 Å². The van der Waals surface area contributed by atoms with Crippen molar-refractivity contribution in [2.45, 2.75) is 69.7 Å². The van der Waals surface area contributed by atoms with E-state index < -0.39 is 0 Å². The van der Waals surface area contributed by atoms with Crippen molar-refractivity contribution in [2.75, 3.05) is 26.7 Å². The zero-order valence-electron chi connectivity index (χ0n) is 19.1. The van der Waals surface area contributed by atoms with E-state index in [0.717, 1.165) is 82.3 Å². The molecular weight excluding hydrogens is 402 g/mol. The Kier molecular flexibility index (Phi) is 6.11. The first-order valence-electron chi connectivity index (χ1n) is 12.4. The van der Waals surface area contributed by atoms with Gasteiger partial charge in [0.05, 0.1) is 7.11 Å². The standard InChI is InChI=1S/C26H35N3O3/c1-32-20-9-10-23-21(16-20)22(17-27-23)18-11-14-28(15-12-18)26(31)24-8-5-13-29(24)25(30)19-6-3-2-4-7-19/h9-10,16-19,24,27H,2-8,11-15H2,1H3. The van der Waals surface area contributed by atoms with Gasteiger partial charge in [-0.25, -0.2) is 0 Å². The van der Waals surface area contributed by atoms with Gasteiger partial charge in [-0.15, -0.1) is 0 Å². The molecule has 1 aromatic carbocycles. The van der Waals surface area contributed by atoms with Crippen LogP contribution in [0.15, 0.2) is 24.4 Å². The van der Waals surface area contributed by atoms with Crippen molar-refractivity contribution in [2.24, 2.45) is 5.92 Å². The summed E-state index contributed by atoms with van der Waals surface area (Å²) in [5, 5.41) is 1.22. The minimum atomic E-state index is -0.238. The van der Waals surface area contributed by atoms with E-state index in [4.69, 9.17) is 4.74 Å². The third-order valence-electron chi connectivity index (χ3n) is 7.94. The number of rotatable bonds is 4. The van der Waals surface area contributed by atoms with Gasteiger partial charge in [-0.05, 0) is 68.2 Å². The summed E-state index contributed by atoms with van der Waals surface area (Å²) in [7, 11) is 1.70. The molecule has 3 fully saturated rings. The molecule has 6 heteroatoms. The molecule has 3 aliphatic rings. The Bertz CT molecular complexity index is 970. The number of methoxy groups -OCH3 is 1. The van der Waals surface area contributed by atoms with Crippen LogP contribution in [0.1, 0.15) is 69.3 Å². The molecule has 1 N–H and O–H groups in total. The lowest BCUT2D eigenvalue weighted by atomic mass is 9.88. The molecular formula is C26H35N3O3. The van der Waals surface area contributed by atoms with Crippen molar-refractivity contribution in [1.29, 1.82) is 0 Å². The number of nitrogens with one attached hydrogen (secondary N) is 1. The van der Waals surface area contributed by atoms with E-state index in [0.29, 0.717) is 5.92 Å². The van der Waals surface area contributed by atoms with Gasteiger partial charge in [-0.3, -0.25) is 9.59 Å². The average molecular weight is 438 g/mol. The van der Waals surface area contributed by atoms with Crippen LogP contribution in [-0.2, 0) is 9.59 Å². The summed E-state index contributed by atoms with van der Waals surface area (Å²) in [6, 6.07) is 5.91. The third kappa shape index (κ3) is 4.00. The van der Waals surface area contributed by atoms with Crippen LogP contribution >= 0.6 is 0 Å². The van der Waals surface area contributed by atoms with Gasteiger partial charge in [-0.2, -0.15) is 0 Å². The van der Waals surface area contributed by atoms with E-state index >= 15 is 0 Å². The molecule has 172 valence electrons. The molecule has 5 rings (SSSR count). The van der Waals surface area contributed by atoms with E-state index in [-0.39, 0.29) is 23.8 Å². The minimum Gasteiger partial charge on any atom is -0.497 e. The molecule has 1 unspecified atom stereocenters. The maximum absolute atomic E-state index is 13.4. The first-order valence-corrected chi connectivity index (χ1v) is 12.4. The minimum absolute atomic E-state index is 0.141. The van der Waals surface area contributed by atoms with Crippen LogP contribution in [0, 0.1) is 5.92 Å². The highest BCUT2D eigenvalue weighted by Gasteiger charge is 2.40. The zero-order chi connectivity index (χ0) is 22.1. The number of carbonyl (C=O) groups is 2. The predicted octanol–water partition coefficient (Wildman–Crippen LogP) is 4.45. The van der Waals surface area contributed by atoms with Gasteiger partial charge in [0.15, 0.2) is 0 Å². The molecule has 1 aromatic heterocycles. The summed E-state index contributed by atoms with van der Waals surface area (Å²) >= 11 is 0. The number of piperidine rings is 1. The number of carbonyl (C=O) groups excluding carboxylic acids is 2. The number of aromatic amines is 1. The van der Waals surface area contributed by atoms with Gasteiger partial charge in [-0.1, -0.05) is 19.3 Å². The molecule has 0 radical (unpaired) electrons. The fourth-order valence-corrected chi connectivity index (χ4v) is 6.08. The first-order chi connectivity index (χ1) is 15.7. The Hall–Kier alpha value is -2.50. The summed E-state index contributed by atoms with van der Waals surface area (Å²) in [5.74, 6) is 1.86. The molecule has 1 aliphatic carbocycles. The maximum atomic E-state index is 13.4. The summed E-state index contributed by atoms with van der Waals surface area (Å²) in [6.45, 7) is 2.28. The number of likely N-dealkylation sites (tertiary alicyclic amines) is 2. The SMILES string of the molecule is COc1ccc2[nH]cc(C3CCN(C(=O)C4CCCN4C(=O)C4CCCCC4)CC3)c2c1. The van der Waals surface area contributed by atoms with Crippen molar-refractivity contribution < 1.29 is 14.3 Å². The topological polar surface area (TPSA) is 65.6 Å². The molecule has 0 bridgehead atoms. The second-order valence-electron chi connectivity index (χ2n) is 9.78. The monoisotopic (exact) mass is 437 g/mol. The lowest BCUT2D eigenvalue weighted by molar-refractivity contribution is -0.147. The van der Waals surface area contributed by atoms with E-state index in [1.165, 1.54) is 17.4 Å². The van der Waals surface area contributed by atoms with E-state index in [1.807, 2.05) is 15.9 Å². The van der Waals surface area contributed by atoms with Crippen LogP contribution in [0.4, 0.5) is 0 Å². The number of H-pyrrole nitrogens is 1. The summed E-state index contributed by atoms with van der Waals surface area (Å²) < 4.78 is 5.41. The van der Waals surface area contributed by atoms with Gasteiger partial charge in [0.25, 0.3) is 0 Å². The van der Waals surface area contributed by atoms with Crippen molar-refractivity contribution in [3.05, 3.63) is 30.0 Å². The third-order valence-corrected chi connectivity index (χ3v) is 7.94. The largest absolute Gasteiger partial charge is 0.497 e. The van der Waals surface area contributed by atoms with Gasteiger partial charge in [0.1, 0.15) is 11.8 Å². The second-order valence-corrected chi connectivity index (χ2v) is 9.78. The van der Waals surface area contributed by atoms with E-state index in [9.17, 15) is 9.59 Å². The normalized spacial score (nSPS) is 23.1. The van der Waals surface area contributed by atoms with Crippen LogP contribution in [0.5, 0.6) is 5.75 Å². The number of hydrogen-bond acceptors (Lipinski definition) is 3. The molecule has 3 heterocycles. The van der Waals surface area contributed by atoms with Crippen LogP contribution in [0.3, 0.4) is 0 Å². The molecule has 2 aliphatic heterocycles. The Balaban J connectivity index is 1.23. The highest BCUT2D eigenvalue weighted by atomic mass is 16.5. The highest BCUT2D eigenvalue weighted by molar-refractivity contribution is 5.89. The van der Waals surface area contributed by atoms with Crippen LogP contribution in [-0.4, -0.2) is 59.4 Å². The molecule has 0 spiro atoms. The number of nitrogens with zero attached hydrogens (tertiary/aromatic N) is 2. The zero-order valence-corrected chi connectivity index (χ0v) is 19.1. The molecule has 1 saturated carbocycles. The van der Waals surface area contributed by atoms with Gasteiger partial charge < -0.3 is 19.5 Å². The molecule has 2 saturated heterocycles. The number of fused-ring (bicyclic) bond motifs is 1. The molecule has 6 nitrogen and oxygen atoms in total. The van der Waals surface area contributed by atoms with Crippen molar-refractivity contribution in [1.82, 2.24) is 14.8 Å². The van der Waals surface area contributed by atoms with Crippen molar-refractivity contribution in [3.63, 3.8) is 0 Å². The van der Waals surface area contributed by atoms with Gasteiger partial charge in [0, 0.05) is 42.7 Å². The van der Waals surface area contributed by atoms with E-state index in [2.05, 4.69) is 23.3 Å². The number of amides is 2. The summed E-state index contributed by atoms with van der Waals surface area (Å²) in [4.78, 5) is 33.8. The molecule has 32 heavy (non-hydrogen) atoms. The number of aromatic nitrogens is 1. The summed E-state index contributed by atoms with van der Waals surface area (Å²) in [5.41, 5.74) is 2.45. The quantitative estimate of drug-likeness (QED) is 0.768. The summed E-state index contributed by atoms with van der Waals surface area (Å²) in [6.07, 6.45) is 11.3. The first kappa shape index (κ1) is 21.4. The Morgan fingerprint density at radius 1 is 0.938 bits per heavy atom. The smallest absolute Gasteiger partial charge is 0.245 e. The number of benzene rings is 1. The lowest BCUT2D eigenvalue weighted by Crippen LogP contribution is -2.51. The van der Waals surface area contributed by atoms with Crippen molar-refractivity contribution in [3.8, 4) is 5.75 Å². The van der Waals surface area contributed by atoms with Crippen LogP contribution in [0.2, 0.25) is 0 Å². The number of hydrogen-bond donors (Lipinski definition) is 1. The van der Waals surface area contributed by atoms with Gasteiger partial charge >= 0.3 is 0 Å². The van der Waals surface area contributed by atoms with Crippen molar-refractivity contribution >= 4 is 22.7 Å². The Labute approximate surface area is 190 Å². The highest BCUT2D eigenvalue weighted by Crippen LogP contribution is 2.36. The lowest BCUT2D eigenvalue weighted by Gasteiger charge is -2.36. The Morgan fingerprint density at radius 2 is 1.72 bits per heavy atom. The maximum Gasteiger partial charge on any atom is 0.245 e. The van der Waals surface area contributed by atoms with E-state index in [1.54, 1.807) is 7.11 Å². The fourth-order valence-electron chi connectivity index (χ4n) is 6.08. The van der Waals surface area contributed by atoms with Crippen LogP contribution in [0.25, 0.3) is 10.9 Å². The second kappa shape index (κ2) is 9.16. The molecule has 1 atom stereocenters. The predicted molar refractivity (Wildman–Crippen MR) is 125 cm³/mol. The fraction of sp³-hybridized carbons (Fsp3) is 0.615.